The van der Waals surface area contributed by atoms with Gasteiger partial charge in [0.05, 0.1) is 12.5 Å². The SMILES string of the molecule is CCNC[C@H](NC(=O)OC(C)(C)C)[C@@H](N)CC(=O)O. The van der Waals surface area contributed by atoms with Crippen LogP contribution >= 0.6 is 0 Å². The molecule has 0 aliphatic carbocycles. The molecule has 0 heterocycles. The number of carbonyl (C=O) groups excluding carboxylic acids is 1. The quantitative estimate of drug-likeness (QED) is 0.531. The minimum atomic E-state index is -1.00. The average Bonchev–Trinajstić information content (AvgIpc) is 2.20. The maximum Gasteiger partial charge on any atom is 0.407 e. The van der Waals surface area contributed by atoms with E-state index in [1.807, 2.05) is 6.92 Å². The molecule has 0 bridgehead atoms. The third-order valence-corrected chi connectivity index (χ3v) is 2.24. The van der Waals surface area contributed by atoms with Gasteiger partial charge in [-0.15, -0.1) is 0 Å². The predicted octanol–water partition coefficient (Wildman–Crippen LogP) is 0.291. The number of aliphatic carboxylic acids is 1. The summed E-state index contributed by atoms with van der Waals surface area (Å²) in [7, 11) is 0. The summed E-state index contributed by atoms with van der Waals surface area (Å²) in [5, 5.41) is 14.4. The standard InChI is InChI=1S/C12H25N3O4/c1-5-14-7-9(8(13)6-10(16)17)15-11(18)19-12(2,3)4/h8-9,14H,5-7,13H2,1-4H3,(H,15,18)(H,16,17)/t8-,9-/m0/s1. The van der Waals surface area contributed by atoms with Crippen LogP contribution in [0.2, 0.25) is 0 Å². The minimum Gasteiger partial charge on any atom is -0.481 e. The van der Waals surface area contributed by atoms with Crippen LogP contribution < -0.4 is 16.4 Å². The fourth-order valence-electron chi connectivity index (χ4n) is 1.41. The highest BCUT2D eigenvalue weighted by Gasteiger charge is 2.24. The molecule has 0 aliphatic rings. The molecule has 0 aromatic heterocycles. The van der Waals surface area contributed by atoms with Crippen LogP contribution in [0.25, 0.3) is 0 Å². The number of hydrogen-bond donors (Lipinski definition) is 4. The summed E-state index contributed by atoms with van der Waals surface area (Å²) in [6.45, 7) is 8.26. The van der Waals surface area contributed by atoms with Gasteiger partial charge in [-0.2, -0.15) is 0 Å². The molecule has 0 fully saturated rings. The van der Waals surface area contributed by atoms with Gasteiger partial charge < -0.3 is 26.2 Å². The van der Waals surface area contributed by atoms with Gasteiger partial charge in [0.2, 0.25) is 0 Å². The van der Waals surface area contributed by atoms with Gasteiger partial charge in [-0.3, -0.25) is 4.79 Å². The molecule has 0 saturated heterocycles. The molecule has 0 aliphatic heterocycles. The number of nitrogens with one attached hydrogen (secondary N) is 2. The molecule has 0 unspecified atom stereocenters. The van der Waals surface area contributed by atoms with Gasteiger partial charge in [0, 0.05) is 12.6 Å². The second kappa shape index (κ2) is 7.96. The highest BCUT2D eigenvalue weighted by Crippen LogP contribution is 2.07. The summed E-state index contributed by atoms with van der Waals surface area (Å²) in [6, 6.07) is -1.17. The number of nitrogens with two attached hydrogens (primary N) is 1. The molecule has 7 heteroatoms. The smallest absolute Gasteiger partial charge is 0.407 e. The van der Waals surface area contributed by atoms with Gasteiger partial charge in [0.25, 0.3) is 0 Å². The minimum absolute atomic E-state index is 0.216. The molecular weight excluding hydrogens is 250 g/mol. The zero-order chi connectivity index (χ0) is 15.1. The summed E-state index contributed by atoms with van der Waals surface area (Å²) < 4.78 is 5.12. The maximum atomic E-state index is 11.7. The van der Waals surface area contributed by atoms with E-state index in [2.05, 4.69) is 10.6 Å². The van der Waals surface area contributed by atoms with Crippen molar-refractivity contribution < 1.29 is 19.4 Å². The van der Waals surface area contributed by atoms with Crippen LogP contribution in [0.1, 0.15) is 34.1 Å². The number of ether oxygens (including phenoxy) is 1. The lowest BCUT2D eigenvalue weighted by Gasteiger charge is -2.26. The fourth-order valence-corrected chi connectivity index (χ4v) is 1.41. The number of carboxylic acid groups (broad SMARTS) is 1. The Hall–Kier alpha value is -1.34. The molecule has 0 rings (SSSR count). The molecule has 5 N–H and O–H groups in total. The van der Waals surface area contributed by atoms with Crippen LogP contribution in [-0.2, 0) is 9.53 Å². The second-order valence-corrected chi connectivity index (χ2v) is 5.32. The normalized spacial score (nSPS) is 14.6. The third-order valence-electron chi connectivity index (χ3n) is 2.24. The van der Waals surface area contributed by atoms with E-state index in [1.54, 1.807) is 20.8 Å². The Morgan fingerprint density at radius 3 is 2.37 bits per heavy atom. The van der Waals surface area contributed by atoms with Crippen molar-refractivity contribution in [3.05, 3.63) is 0 Å². The number of alkyl carbamates (subject to hydrolysis) is 1. The summed E-state index contributed by atoms with van der Waals surface area (Å²) in [6.07, 6.45) is -0.817. The molecule has 2 atom stereocenters. The van der Waals surface area contributed by atoms with Crippen LogP contribution in [0.15, 0.2) is 0 Å². The maximum absolute atomic E-state index is 11.7. The van der Waals surface area contributed by atoms with E-state index in [4.69, 9.17) is 15.6 Å². The van der Waals surface area contributed by atoms with Crippen LogP contribution in [0.3, 0.4) is 0 Å². The van der Waals surface area contributed by atoms with E-state index in [1.165, 1.54) is 0 Å². The first-order valence-electron chi connectivity index (χ1n) is 6.33. The number of carboxylic acids is 1. The van der Waals surface area contributed by atoms with Gasteiger partial charge in [-0.05, 0) is 27.3 Å². The van der Waals surface area contributed by atoms with Crippen molar-refractivity contribution in [2.75, 3.05) is 13.1 Å². The highest BCUT2D eigenvalue weighted by molar-refractivity contribution is 5.69. The van der Waals surface area contributed by atoms with Crippen molar-refractivity contribution in [2.24, 2.45) is 5.73 Å². The summed E-state index contributed by atoms with van der Waals surface area (Å²) in [5.74, 6) is -1.00. The molecular formula is C12H25N3O4. The molecule has 0 saturated carbocycles. The van der Waals surface area contributed by atoms with Gasteiger partial charge in [0.1, 0.15) is 5.60 Å². The highest BCUT2D eigenvalue weighted by atomic mass is 16.6. The van der Waals surface area contributed by atoms with E-state index >= 15 is 0 Å². The van der Waals surface area contributed by atoms with Crippen molar-refractivity contribution in [1.82, 2.24) is 10.6 Å². The summed E-state index contributed by atoms with van der Waals surface area (Å²) in [5.41, 5.74) is 5.17. The first-order valence-corrected chi connectivity index (χ1v) is 6.33. The number of likely N-dealkylation sites (N-methyl/N-ethyl adjacent to an activating group) is 1. The van der Waals surface area contributed by atoms with Gasteiger partial charge in [0.15, 0.2) is 0 Å². The van der Waals surface area contributed by atoms with E-state index in [0.29, 0.717) is 13.1 Å². The van der Waals surface area contributed by atoms with Crippen LogP contribution in [0.4, 0.5) is 4.79 Å². The van der Waals surface area contributed by atoms with Crippen LogP contribution in [0.5, 0.6) is 0 Å². The monoisotopic (exact) mass is 275 g/mol. The second-order valence-electron chi connectivity index (χ2n) is 5.32. The molecule has 0 radical (unpaired) electrons. The van der Waals surface area contributed by atoms with Crippen LogP contribution in [-0.4, -0.2) is 47.9 Å². The van der Waals surface area contributed by atoms with E-state index in [0.717, 1.165) is 0 Å². The molecule has 7 nitrogen and oxygen atoms in total. The van der Waals surface area contributed by atoms with E-state index in [-0.39, 0.29) is 6.42 Å². The predicted molar refractivity (Wildman–Crippen MR) is 71.9 cm³/mol. The Balaban J connectivity index is 4.49. The average molecular weight is 275 g/mol. The lowest BCUT2D eigenvalue weighted by Crippen LogP contribution is -2.54. The van der Waals surface area contributed by atoms with Gasteiger partial charge in [-0.1, -0.05) is 6.92 Å². The molecule has 112 valence electrons. The van der Waals surface area contributed by atoms with Crippen molar-refractivity contribution >= 4 is 12.1 Å². The third kappa shape index (κ3) is 9.26. The summed E-state index contributed by atoms with van der Waals surface area (Å²) in [4.78, 5) is 22.3. The first kappa shape index (κ1) is 17.7. The number of hydrogen-bond acceptors (Lipinski definition) is 5. The zero-order valence-corrected chi connectivity index (χ0v) is 12.0. The van der Waals surface area contributed by atoms with Gasteiger partial charge in [-0.25, -0.2) is 4.79 Å². The molecule has 19 heavy (non-hydrogen) atoms. The number of amides is 1. The van der Waals surface area contributed by atoms with Crippen molar-refractivity contribution in [3.63, 3.8) is 0 Å². The van der Waals surface area contributed by atoms with Crippen LogP contribution in [0, 0.1) is 0 Å². The Kier molecular flexibility index (Phi) is 7.40. The largest absolute Gasteiger partial charge is 0.481 e. The summed E-state index contributed by atoms with van der Waals surface area (Å²) >= 11 is 0. The number of rotatable bonds is 7. The molecule has 0 aromatic carbocycles. The topological polar surface area (TPSA) is 114 Å². The molecule has 0 spiro atoms. The number of carbonyl (C=O) groups is 2. The Morgan fingerprint density at radius 2 is 1.95 bits per heavy atom. The zero-order valence-electron chi connectivity index (χ0n) is 12.0. The van der Waals surface area contributed by atoms with Crippen molar-refractivity contribution in [1.29, 1.82) is 0 Å². The van der Waals surface area contributed by atoms with Crippen molar-refractivity contribution in [3.8, 4) is 0 Å². The molecule has 0 aromatic rings. The lowest BCUT2D eigenvalue weighted by atomic mass is 10.1. The lowest BCUT2D eigenvalue weighted by molar-refractivity contribution is -0.137. The van der Waals surface area contributed by atoms with Gasteiger partial charge >= 0.3 is 12.1 Å². The fraction of sp³-hybridized carbons (Fsp3) is 0.833. The Morgan fingerprint density at radius 1 is 1.37 bits per heavy atom. The Labute approximate surface area is 113 Å². The first-order chi connectivity index (χ1) is 8.65. The van der Waals surface area contributed by atoms with Crippen molar-refractivity contribution in [2.45, 2.75) is 51.8 Å². The molecule has 1 amide bonds. The van der Waals surface area contributed by atoms with E-state index < -0.39 is 29.7 Å². The Bertz CT molecular complexity index is 302. The van der Waals surface area contributed by atoms with E-state index in [9.17, 15) is 9.59 Å².